The molecule has 0 aliphatic carbocycles. The van der Waals surface area contributed by atoms with Gasteiger partial charge < -0.3 is 8.98 Å². The van der Waals surface area contributed by atoms with E-state index in [1.165, 1.54) is 48.5 Å². The van der Waals surface area contributed by atoms with Gasteiger partial charge in [0.15, 0.2) is 23.1 Å². The number of rotatable bonds is 5. The Hall–Kier alpha value is -9.45. The fraction of sp³-hybridized carbons (Fsp3) is 0. The first-order valence-electron chi connectivity index (χ1n) is 23.7. The Kier molecular flexibility index (Phi) is 8.29. The third-order valence-electron chi connectivity index (χ3n) is 14.4. The Bertz CT molecular complexity index is 4640. The number of fused-ring (bicyclic) bond motifs is 14. The van der Waals surface area contributed by atoms with E-state index in [-0.39, 0.29) is 0 Å². The lowest BCUT2D eigenvalue weighted by Crippen LogP contribution is -2.01. The van der Waals surface area contributed by atoms with E-state index in [0.717, 1.165) is 82.6 Å². The summed E-state index contributed by atoms with van der Waals surface area (Å²) in [5.41, 5.74) is 9.68. The van der Waals surface area contributed by atoms with Crippen LogP contribution in [0.3, 0.4) is 0 Å². The van der Waals surface area contributed by atoms with Crippen molar-refractivity contribution >= 4 is 97.6 Å². The predicted molar refractivity (Wildman–Crippen MR) is 291 cm³/mol. The zero-order chi connectivity index (χ0) is 45.9. The molecule has 5 nitrogen and oxygen atoms in total. The normalized spacial score (nSPS) is 12.0. The first-order chi connectivity index (χ1) is 34.7. The van der Waals surface area contributed by atoms with Crippen molar-refractivity contribution in [3.63, 3.8) is 0 Å². The zero-order valence-corrected chi connectivity index (χ0v) is 37.6. The molecule has 15 aromatic rings. The number of benzene rings is 12. The Balaban J connectivity index is 1.03. The summed E-state index contributed by atoms with van der Waals surface area (Å²) in [4.78, 5) is 16.1. The number of hydrogen-bond acceptors (Lipinski definition) is 4. The molecule has 0 aliphatic heterocycles. The second-order valence-electron chi connectivity index (χ2n) is 18.3. The van der Waals surface area contributed by atoms with Crippen LogP contribution in [0.2, 0.25) is 0 Å². The lowest BCUT2D eigenvalue weighted by Gasteiger charge is -2.13. The summed E-state index contributed by atoms with van der Waals surface area (Å²) in [5.74, 6) is 1.76. The molecule has 0 atom stereocenters. The molecule has 0 unspecified atom stereocenters. The van der Waals surface area contributed by atoms with Crippen LogP contribution in [0.25, 0.3) is 149 Å². The average molecular weight is 891 g/mol. The maximum atomic E-state index is 7.22. The fourth-order valence-electron chi connectivity index (χ4n) is 11.0. The smallest absolute Gasteiger partial charge is 0.164 e. The molecular formula is C65H38N4O. The van der Waals surface area contributed by atoms with E-state index >= 15 is 0 Å². The minimum absolute atomic E-state index is 0.570. The van der Waals surface area contributed by atoms with E-state index in [2.05, 4.69) is 229 Å². The van der Waals surface area contributed by atoms with Crippen LogP contribution in [-0.4, -0.2) is 19.5 Å². The largest absolute Gasteiger partial charge is 0.453 e. The van der Waals surface area contributed by atoms with Gasteiger partial charge in [-0.1, -0.05) is 188 Å². The molecule has 0 aliphatic rings. The van der Waals surface area contributed by atoms with Crippen molar-refractivity contribution in [3.8, 4) is 51.0 Å². The van der Waals surface area contributed by atoms with Crippen molar-refractivity contribution in [1.29, 1.82) is 0 Å². The molecule has 0 saturated carbocycles. The Morgan fingerprint density at radius 2 is 0.800 bits per heavy atom. The monoisotopic (exact) mass is 890 g/mol. The summed E-state index contributed by atoms with van der Waals surface area (Å²) in [5, 5.41) is 16.1. The van der Waals surface area contributed by atoms with Gasteiger partial charge in [0.05, 0.1) is 16.7 Å². The summed E-state index contributed by atoms with van der Waals surface area (Å²) in [6.45, 7) is 0. The highest BCUT2D eigenvalue weighted by molar-refractivity contribution is 6.24. The summed E-state index contributed by atoms with van der Waals surface area (Å²) in [6.07, 6.45) is 0. The number of aromatic nitrogens is 4. The minimum Gasteiger partial charge on any atom is -0.453 e. The lowest BCUT2D eigenvalue weighted by molar-refractivity contribution is 0.670. The molecule has 0 fully saturated rings. The van der Waals surface area contributed by atoms with E-state index in [1.807, 2.05) is 6.07 Å². The van der Waals surface area contributed by atoms with Crippen LogP contribution >= 0.6 is 0 Å². The van der Waals surface area contributed by atoms with Gasteiger partial charge in [0, 0.05) is 43.6 Å². The van der Waals surface area contributed by atoms with Gasteiger partial charge in [0.25, 0.3) is 0 Å². The highest BCUT2D eigenvalue weighted by Gasteiger charge is 2.24. The standard InChI is InChI=1S/C65H38N4O/c1-2-12-39(13-3-1)40-22-25-44(26-23-40)63-66-64(48-29-31-51-47(34-48)27-24-41-14-6-9-19-50(41)51)68-65(67-63)49-36-55-54-32-28-43-16-8-11-21-53(43)61(54)70-62(55)59(38-49)69-57-33-30-42-15-7-10-20-52(42)60(57)56-35-45-17-4-5-18-46(45)37-58(56)69/h1-38H. The molecule has 0 radical (unpaired) electrons. The summed E-state index contributed by atoms with van der Waals surface area (Å²) in [7, 11) is 0. The molecule has 0 bridgehead atoms. The highest BCUT2D eigenvalue weighted by Crippen LogP contribution is 2.45. The van der Waals surface area contributed by atoms with Gasteiger partial charge in [-0.05, 0) is 102 Å². The molecule has 0 amide bonds. The molecule has 15 rings (SSSR count). The molecule has 0 saturated heterocycles. The summed E-state index contributed by atoms with van der Waals surface area (Å²) in [6, 6.07) is 82.3. The van der Waals surface area contributed by atoms with Crippen LogP contribution in [0, 0.1) is 0 Å². The second kappa shape index (κ2) is 15.0. The quantitative estimate of drug-likeness (QED) is 0.162. The topological polar surface area (TPSA) is 56.7 Å². The van der Waals surface area contributed by atoms with E-state index in [9.17, 15) is 0 Å². The Labute approximate surface area is 401 Å². The van der Waals surface area contributed by atoms with Crippen LogP contribution in [0.4, 0.5) is 0 Å². The average Bonchev–Trinajstić information content (AvgIpc) is 3.98. The maximum Gasteiger partial charge on any atom is 0.164 e. The third-order valence-corrected chi connectivity index (χ3v) is 14.4. The van der Waals surface area contributed by atoms with Crippen LogP contribution < -0.4 is 0 Å². The van der Waals surface area contributed by atoms with Crippen molar-refractivity contribution in [3.05, 3.63) is 231 Å². The van der Waals surface area contributed by atoms with Gasteiger partial charge in [-0.15, -0.1) is 0 Å². The molecular weight excluding hydrogens is 853 g/mol. The maximum absolute atomic E-state index is 7.22. The van der Waals surface area contributed by atoms with Crippen molar-refractivity contribution in [1.82, 2.24) is 19.5 Å². The summed E-state index contributed by atoms with van der Waals surface area (Å²) < 4.78 is 9.62. The first-order valence-corrected chi connectivity index (χ1v) is 23.7. The van der Waals surface area contributed by atoms with Gasteiger partial charge >= 0.3 is 0 Å². The molecule has 70 heavy (non-hydrogen) atoms. The molecule has 12 aromatic carbocycles. The van der Waals surface area contributed by atoms with Crippen LogP contribution in [0.1, 0.15) is 0 Å². The Morgan fingerprint density at radius 3 is 1.59 bits per heavy atom. The van der Waals surface area contributed by atoms with Crippen LogP contribution in [-0.2, 0) is 0 Å². The Morgan fingerprint density at radius 1 is 0.271 bits per heavy atom. The van der Waals surface area contributed by atoms with E-state index in [1.54, 1.807) is 0 Å². The number of furan rings is 1. The van der Waals surface area contributed by atoms with Crippen LogP contribution in [0.5, 0.6) is 0 Å². The highest BCUT2D eigenvalue weighted by atomic mass is 16.3. The van der Waals surface area contributed by atoms with Gasteiger partial charge in [0.2, 0.25) is 0 Å². The van der Waals surface area contributed by atoms with Gasteiger partial charge in [0.1, 0.15) is 5.58 Å². The van der Waals surface area contributed by atoms with Crippen molar-refractivity contribution in [2.45, 2.75) is 0 Å². The predicted octanol–water partition coefficient (Wildman–Crippen LogP) is 17.3. The minimum atomic E-state index is 0.570. The fourth-order valence-corrected chi connectivity index (χ4v) is 11.0. The van der Waals surface area contributed by atoms with E-state index < -0.39 is 0 Å². The van der Waals surface area contributed by atoms with Crippen molar-refractivity contribution < 1.29 is 4.42 Å². The molecule has 0 spiro atoms. The zero-order valence-electron chi connectivity index (χ0n) is 37.6. The molecule has 324 valence electrons. The van der Waals surface area contributed by atoms with E-state index in [4.69, 9.17) is 19.4 Å². The molecule has 0 N–H and O–H groups in total. The lowest BCUT2D eigenvalue weighted by atomic mass is 10.00. The van der Waals surface area contributed by atoms with Crippen molar-refractivity contribution in [2.24, 2.45) is 0 Å². The molecule has 5 heteroatoms. The SMILES string of the molecule is c1ccc(-c2ccc(-c3nc(-c4ccc5c(ccc6ccccc65)c4)nc(-c4cc(-n5c6cc7ccccc7cc6c6c7ccccc7ccc65)c5oc6c7ccccc7ccc6c5c4)n3)cc2)cc1. The third kappa shape index (κ3) is 5.95. The van der Waals surface area contributed by atoms with Gasteiger partial charge in [-0.2, -0.15) is 0 Å². The second-order valence-corrected chi connectivity index (χ2v) is 18.3. The number of hydrogen-bond donors (Lipinski definition) is 0. The number of nitrogens with zero attached hydrogens (tertiary/aromatic N) is 4. The van der Waals surface area contributed by atoms with E-state index in [0.29, 0.717) is 17.5 Å². The molecule has 3 heterocycles. The summed E-state index contributed by atoms with van der Waals surface area (Å²) >= 11 is 0. The first kappa shape index (κ1) is 38.6. The van der Waals surface area contributed by atoms with Crippen molar-refractivity contribution in [2.75, 3.05) is 0 Å². The van der Waals surface area contributed by atoms with Gasteiger partial charge in [-0.3, -0.25) is 0 Å². The van der Waals surface area contributed by atoms with Gasteiger partial charge in [-0.25, -0.2) is 15.0 Å². The molecule has 3 aromatic heterocycles. The van der Waals surface area contributed by atoms with Crippen LogP contribution in [0.15, 0.2) is 235 Å².